The van der Waals surface area contributed by atoms with Crippen LogP contribution < -0.4 is 29.1 Å². The maximum absolute atomic E-state index is 13.9. The largest absolute Gasteiger partial charge is 0.497 e. The summed E-state index contributed by atoms with van der Waals surface area (Å²) in [5, 5.41) is 18.5. The minimum absolute atomic E-state index is 0.00159. The Morgan fingerprint density at radius 3 is 0.971 bits per heavy atom. The molecule has 0 radical (unpaired) electrons. The first-order valence-corrected chi connectivity index (χ1v) is 45.4. The Labute approximate surface area is 798 Å². The van der Waals surface area contributed by atoms with Gasteiger partial charge in [-0.25, -0.2) is 91.1 Å². The molecule has 0 spiro atoms. The normalized spacial score (nSPS) is 13.7. The highest BCUT2D eigenvalue weighted by Crippen LogP contribution is 2.32. The summed E-state index contributed by atoms with van der Waals surface area (Å²) in [4.78, 5) is 117. The fourth-order valence-corrected chi connectivity index (χ4v) is 16.2. The van der Waals surface area contributed by atoms with Crippen LogP contribution in [-0.2, 0) is 45.4 Å². The molecule has 33 nitrogen and oxygen atoms in total. The number of carbonyl (C=O) groups is 4. The van der Waals surface area contributed by atoms with Crippen LogP contribution in [0.3, 0.4) is 0 Å². The van der Waals surface area contributed by atoms with Crippen molar-refractivity contribution in [2.75, 3.05) is 139 Å². The summed E-state index contributed by atoms with van der Waals surface area (Å²) in [5.74, 6) is 7.06. The molecule has 139 heavy (non-hydrogen) atoms. The number of amides is 4. The van der Waals surface area contributed by atoms with E-state index in [0.29, 0.717) is 189 Å². The van der Waals surface area contributed by atoms with Crippen LogP contribution in [0.2, 0.25) is 0 Å². The van der Waals surface area contributed by atoms with Crippen LogP contribution in [0.5, 0.6) is 11.6 Å². The number of carbonyl (C=O) groups excluding carboxylic acids is 4. The van der Waals surface area contributed by atoms with Gasteiger partial charge in [0.2, 0.25) is 41.4 Å². The molecular weight excluding hydrogens is 1780 g/mol. The van der Waals surface area contributed by atoms with Crippen LogP contribution in [0.25, 0.3) is 91.1 Å². The van der Waals surface area contributed by atoms with Gasteiger partial charge in [0.15, 0.2) is 46.6 Å². The van der Waals surface area contributed by atoms with E-state index in [-0.39, 0.29) is 73.1 Å². The lowest BCUT2D eigenvalue weighted by molar-refractivity contribution is -0.133. The molecule has 12 heterocycles. The Morgan fingerprint density at radius 1 is 0.295 bits per heavy atom. The van der Waals surface area contributed by atoms with Gasteiger partial charge >= 0.3 is 0 Å². The molecule has 706 valence electrons. The Kier molecular flexibility index (Phi) is 29.8. The number of hydrogen-bond acceptors (Lipinski definition) is 25. The Bertz CT molecular complexity index is 6860. The molecule has 0 N–H and O–H groups in total. The van der Waals surface area contributed by atoms with E-state index in [4.69, 9.17) is 19.6 Å². The number of aryl methyl sites for hydroxylation is 3. The summed E-state index contributed by atoms with van der Waals surface area (Å²) in [5.41, 5.74) is 8.26. The zero-order chi connectivity index (χ0) is 96.3. The van der Waals surface area contributed by atoms with Gasteiger partial charge in [-0.1, -0.05) is 91.0 Å². The number of hydrogen-bond donors (Lipinski definition) is 0. The number of methoxy groups -OCH3 is 2. The lowest BCUT2D eigenvalue weighted by Crippen LogP contribution is -2.50. The second kappa shape index (κ2) is 44.1. The van der Waals surface area contributed by atoms with Crippen molar-refractivity contribution in [3.05, 3.63) is 308 Å². The van der Waals surface area contributed by atoms with E-state index >= 15 is 0 Å². The molecule has 4 aliphatic rings. The molecule has 8 aromatic heterocycles. The molecule has 0 aliphatic carbocycles. The van der Waals surface area contributed by atoms with Gasteiger partial charge in [-0.05, 0) is 171 Å². The predicted molar refractivity (Wildman–Crippen MR) is 516 cm³/mol. The molecule has 0 bridgehead atoms. The number of pyridine rings is 1. The molecule has 0 atom stereocenters. The number of anilines is 4. The number of nitrogens with zero attached hydrogens (tertiary/aromatic N) is 27. The number of benzene rings is 8. The molecule has 16 aromatic rings. The van der Waals surface area contributed by atoms with Crippen LogP contribution >= 0.6 is 0 Å². The van der Waals surface area contributed by atoms with Crippen LogP contribution in [-0.4, -0.2) is 256 Å². The minimum atomic E-state index is -0.324. The monoisotopic (exact) mass is 1870 g/mol. The molecule has 0 unspecified atom stereocenters. The Morgan fingerprint density at radius 2 is 0.619 bits per heavy atom. The van der Waals surface area contributed by atoms with Crippen molar-refractivity contribution in [3.63, 3.8) is 0 Å². The lowest BCUT2D eigenvalue weighted by Gasteiger charge is -2.35. The Hall–Kier alpha value is -16.9. The minimum Gasteiger partial charge on any atom is -0.497 e. The van der Waals surface area contributed by atoms with Gasteiger partial charge in [-0.3, -0.25) is 19.2 Å². The summed E-state index contributed by atoms with van der Waals surface area (Å²) in [6.07, 6.45) is 10.1. The summed E-state index contributed by atoms with van der Waals surface area (Å²) >= 11 is 0. The molecule has 4 amide bonds. The third kappa shape index (κ3) is 23.4. The number of rotatable bonds is 22. The van der Waals surface area contributed by atoms with Crippen molar-refractivity contribution in [3.8, 4) is 103 Å². The van der Waals surface area contributed by atoms with Crippen molar-refractivity contribution < 1.29 is 46.2 Å². The second-order valence-corrected chi connectivity index (χ2v) is 33.1. The van der Waals surface area contributed by atoms with Gasteiger partial charge in [0.25, 0.3) is 0 Å². The smallest absolute Gasteiger partial charge is 0.244 e. The first-order chi connectivity index (χ1) is 67.8. The van der Waals surface area contributed by atoms with Gasteiger partial charge in [0.1, 0.15) is 73.2 Å². The average molecular weight is 1880 g/mol. The predicted octanol–water partition coefficient (Wildman–Crippen LogP) is 13.1. The molecule has 4 aliphatic heterocycles. The average Bonchev–Trinajstić information content (AvgIpc) is 1.65. The number of aromatic nitrogens is 19. The van der Waals surface area contributed by atoms with Gasteiger partial charge < -0.3 is 48.7 Å². The first-order valence-electron chi connectivity index (χ1n) is 45.4. The van der Waals surface area contributed by atoms with Crippen molar-refractivity contribution >= 4 is 47.2 Å². The summed E-state index contributed by atoms with van der Waals surface area (Å²) < 4.78 is 71.4. The number of ether oxygens (including phenoxy) is 2. The highest BCUT2D eigenvalue weighted by atomic mass is 19.1. The van der Waals surface area contributed by atoms with E-state index in [1.807, 2.05) is 154 Å². The van der Waals surface area contributed by atoms with E-state index in [0.717, 1.165) is 52.7 Å². The van der Waals surface area contributed by atoms with Crippen molar-refractivity contribution in [1.82, 2.24) is 114 Å². The molecule has 4 saturated heterocycles. The zero-order valence-electron chi connectivity index (χ0n) is 77.1. The molecule has 8 aromatic carbocycles. The number of piperazine rings is 4. The molecule has 4 fully saturated rings. The van der Waals surface area contributed by atoms with E-state index in [9.17, 15) is 36.7 Å². The van der Waals surface area contributed by atoms with Gasteiger partial charge in [-0.2, -0.15) is 0 Å². The van der Waals surface area contributed by atoms with E-state index < -0.39 is 0 Å². The fourth-order valence-electron chi connectivity index (χ4n) is 16.2. The highest BCUT2D eigenvalue weighted by molar-refractivity contribution is 5.80. The summed E-state index contributed by atoms with van der Waals surface area (Å²) in [6, 6.07) is 67.4. The van der Waals surface area contributed by atoms with Crippen molar-refractivity contribution in [2.45, 2.75) is 47.0 Å². The van der Waals surface area contributed by atoms with Gasteiger partial charge in [-0.15, -0.1) is 20.4 Å². The zero-order valence-corrected chi connectivity index (χ0v) is 77.1. The van der Waals surface area contributed by atoms with E-state index in [2.05, 4.69) is 85.9 Å². The van der Waals surface area contributed by atoms with Crippen LogP contribution in [0.1, 0.15) is 16.7 Å². The molecule has 0 saturated carbocycles. The second-order valence-electron chi connectivity index (χ2n) is 33.1. The van der Waals surface area contributed by atoms with Crippen LogP contribution in [0.4, 0.5) is 41.1 Å². The third-order valence-electron chi connectivity index (χ3n) is 23.9. The fraction of sp³-hybridized carbons (Fsp3) is 0.245. The van der Waals surface area contributed by atoms with Gasteiger partial charge in [0, 0.05) is 186 Å². The van der Waals surface area contributed by atoms with Gasteiger partial charge in [0.05, 0.1) is 14.2 Å². The number of halogens is 4. The van der Waals surface area contributed by atoms with Crippen LogP contribution in [0.15, 0.2) is 268 Å². The standard InChI is InChI=1S/C26H25F2N7O.C26H25FN6O.C26H27N7O3.C24H22FN7O/c1-17-14-19(4-6-21(17)27)24-31-25(20-5-7-22(28)18(2)15-20)35(32-24)16-23(36)33-10-12-34(13-11-33)26-29-8-3-9-30-26;1-19-11-12-28-23(17-19)31-13-15-32(16-14-31)24(34)18-33-26(21-5-3-2-4-6-21)29-25(30-33)20-7-9-22(27)10-8-20;1-35-21-10-8-19(9-11-21)25-29-26(20-6-4-3-5-7-20)33(30-25)17-24(34)32-14-12-31(13-15-32)22-16-23(36-2)28-18-27-22;25-20-9-7-18(8-10-20)22-28-23(19-5-2-1-3-6-19)32(29-22)17-21(33)30-13-15-31(16-14-30)24-26-11-4-12-27-24/h3-9,14-15H,10-13,16H2,1-2H3;2-12,17H,13-16,18H2,1H3;3-11,16,18H,12-15,17H2,1-2H3;1-12H,13-17H2. The molecular formula is C102H99F4N27O6. The van der Waals surface area contributed by atoms with Crippen LogP contribution in [0, 0.1) is 44.0 Å². The highest BCUT2D eigenvalue weighted by Gasteiger charge is 2.31. The topological polar surface area (TPSA) is 326 Å². The van der Waals surface area contributed by atoms with Crippen molar-refractivity contribution in [2.24, 2.45) is 0 Å². The SMILES string of the molecule is COc1ccc(-c2nc(-c3ccccc3)n(CC(=O)N3CCN(c4cc(OC)ncn4)CC3)n2)cc1.Cc1cc(-c2nc(-c3ccc(F)c(C)c3)n(CC(=O)N3CCN(c4ncccn4)CC3)n2)ccc1F.Cc1ccnc(N2CCN(C(=O)Cn3nc(-c4ccc(F)cc4)nc3-c3ccccc3)CC2)c1.O=C(Cn1nc(-c2ccc(F)cc2)nc1-c1ccccc1)N1CCN(c2ncccn2)CC1. The third-order valence-corrected chi connectivity index (χ3v) is 23.9. The quantitative estimate of drug-likeness (QED) is 0.0569. The maximum Gasteiger partial charge on any atom is 0.244 e. The van der Waals surface area contributed by atoms with E-state index in [1.165, 1.54) is 53.0 Å². The van der Waals surface area contributed by atoms with Crippen molar-refractivity contribution in [1.29, 1.82) is 0 Å². The molecule has 37 heteroatoms. The lowest BCUT2D eigenvalue weighted by atomic mass is 10.1. The molecule has 20 rings (SSSR count). The summed E-state index contributed by atoms with van der Waals surface area (Å²) in [6.45, 7) is 15.6. The Balaban J connectivity index is 0.000000128. The first kappa shape index (κ1) is 93.9. The summed E-state index contributed by atoms with van der Waals surface area (Å²) in [7, 11) is 3.21. The van der Waals surface area contributed by atoms with E-state index in [1.54, 1.807) is 139 Å². The maximum atomic E-state index is 13.9.